The third-order valence-corrected chi connectivity index (χ3v) is 3.45. The van der Waals surface area contributed by atoms with E-state index in [0.717, 1.165) is 24.4 Å². The van der Waals surface area contributed by atoms with Crippen molar-refractivity contribution in [2.45, 2.75) is 19.3 Å². The van der Waals surface area contributed by atoms with Crippen LogP contribution in [0, 0.1) is 5.92 Å². The van der Waals surface area contributed by atoms with Gasteiger partial charge in [0.15, 0.2) is 0 Å². The first-order chi connectivity index (χ1) is 8.92. The molecule has 1 fully saturated rings. The van der Waals surface area contributed by atoms with E-state index in [1.54, 1.807) is 0 Å². The van der Waals surface area contributed by atoms with Crippen molar-refractivity contribution in [1.82, 2.24) is 25.9 Å². The Morgan fingerprint density at radius 2 is 2.33 bits per heavy atom. The lowest BCUT2D eigenvalue weighted by atomic mass is 9.92. The molecule has 0 radical (unpaired) electrons. The van der Waals surface area contributed by atoms with E-state index in [-0.39, 0.29) is 0 Å². The van der Waals surface area contributed by atoms with Crippen LogP contribution in [0.4, 0.5) is 0 Å². The summed E-state index contributed by atoms with van der Waals surface area (Å²) in [4.78, 5) is 0. The van der Waals surface area contributed by atoms with Gasteiger partial charge in [-0.3, -0.25) is 0 Å². The van der Waals surface area contributed by atoms with Gasteiger partial charge >= 0.3 is 0 Å². The summed E-state index contributed by atoms with van der Waals surface area (Å²) >= 11 is 0. The zero-order valence-corrected chi connectivity index (χ0v) is 10.3. The zero-order valence-electron chi connectivity index (χ0n) is 10.3. The molecule has 0 bridgehead atoms. The average molecular weight is 243 g/mol. The molecule has 0 amide bonds. The number of aromatic amines is 1. The smallest absolute Gasteiger partial charge is 0.204 e. The van der Waals surface area contributed by atoms with Crippen molar-refractivity contribution in [3.8, 4) is 11.4 Å². The minimum absolute atomic E-state index is 0.665. The Hall–Kier alpha value is -1.75. The van der Waals surface area contributed by atoms with Crippen LogP contribution in [-0.4, -0.2) is 33.7 Å². The summed E-state index contributed by atoms with van der Waals surface area (Å²) in [7, 11) is 0. The Morgan fingerprint density at radius 3 is 3.11 bits per heavy atom. The van der Waals surface area contributed by atoms with Crippen LogP contribution in [0.2, 0.25) is 0 Å². The van der Waals surface area contributed by atoms with Gasteiger partial charge in [0, 0.05) is 5.56 Å². The number of benzene rings is 1. The molecule has 0 saturated carbocycles. The van der Waals surface area contributed by atoms with E-state index < -0.39 is 0 Å². The van der Waals surface area contributed by atoms with Gasteiger partial charge < -0.3 is 5.32 Å². The number of rotatable bonds is 3. The first-order valence-corrected chi connectivity index (χ1v) is 6.45. The summed E-state index contributed by atoms with van der Waals surface area (Å²) < 4.78 is 0. The highest BCUT2D eigenvalue weighted by Gasteiger charge is 2.14. The van der Waals surface area contributed by atoms with Crippen molar-refractivity contribution >= 4 is 0 Å². The number of nitrogens with zero attached hydrogens (tertiary/aromatic N) is 3. The molecule has 3 rings (SSSR count). The van der Waals surface area contributed by atoms with E-state index >= 15 is 0 Å². The van der Waals surface area contributed by atoms with E-state index in [0.29, 0.717) is 5.82 Å². The molecular formula is C13H17N5. The summed E-state index contributed by atoms with van der Waals surface area (Å²) in [5.74, 6) is 1.41. The first kappa shape index (κ1) is 11.3. The summed E-state index contributed by atoms with van der Waals surface area (Å²) in [6.07, 6.45) is 3.73. The van der Waals surface area contributed by atoms with Crippen LogP contribution < -0.4 is 5.32 Å². The molecule has 94 valence electrons. The van der Waals surface area contributed by atoms with Crippen LogP contribution in [0.15, 0.2) is 24.3 Å². The van der Waals surface area contributed by atoms with Gasteiger partial charge in [-0.1, -0.05) is 18.2 Å². The van der Waals surface area contributed by atoms with Crippen molar-refractivity contribution in [3.05, 3.63) is 29.8 Å². The molecule has 1 atom stereocenters. The second-order valence-corrected chi connectivity index (χ2v) is 4.85. The SMILES string of the molecule is c1cc(CC2CCCNC2)cc(-c2nn[nH]n2)c1. The lowest BCUT2D eigenvalue weighted by Gasteiger charge is -2.22. The lowest BCUT2D eigenvalue weighted by molar-refractivity contribution is 0.376. The van der Waals surface area contributed by atoms with Crippen LogP contribution in [0.25, 0.3) is 11.4 Å². The van der Waals surface area contributed by atoms with E-state index in [1.165, 1.54) is 24.9 Å². The van der Waals surface area contributed by atoms with Gasteiger partial charge in [-0.15, -0.1) is 10.2 Å². The van der Waals surface area contributed by atoms with Gasteiger partial charge in [-0.25, -0.2) is 0 Å². The normalized spacial score (nSPS) is 19.9. The highest BCUT2D eigenvalue weighted by atomic mass is 15.5. The van der Waals surface area contributed by atoms with Crippen molar-refractivity contribution in [3.63, 3.8) is 0 Å². The molecule has 0 spiro atoms. The molecule has 2 aromatic rings. The molecule has 1 aromatic heterocycles. The maximum atomic E-state index is 4.01. The van der Waals surface area contributed by atoms with E-state index in [1.807, 2.05) is 6.07 Å². The lowest BCUT2D eigenvalue weighted by Crippen LogP contribution is -2.30. The van der Waals surface area contributed by atoms with Gasteiger partial charge in [0.2, 0.25) is 5.82 Å². The summed E-state index contributed by atoms with van der Waals surface area (Å²) in [6, 6.07) is 8.43. The molecule has 2 N–H and O–H groups in total. The fourth-order valence-corrected chi connectivity index (χ4v) is 2.55. The van der Waals surface area contributed by atoms with Crippen LogP contribution in [-0.2, 0) is 6.42 Å². The van der Waals surface area contributed by atoms with E-state index in [4.69, 9.17) is 0 Å². The largest absolute Gasteiger partial charge is 0.316 e. The Balaban J connectivity index is 1.74. The zero-order chi connectivity index (χ0) is 12.2. The van der Waals surface area contributed by atoms with Crippen molar-refractivity contribution < 1.29 is 0 Å². The van der Waals surface area contributed by atoms with Gasteiger partial charge in [-0.2, -0.15) is 5.21 Å². The maximum Gasteiger partial charge on any atom is 0.204 e. The maximum absolute atomic E-state index is 4.01. The predicted molar refractivity (Wildman–Crippen MR) is 68.9 cm³/mol. The highest BCUT2D eigenvalue weighted by Crippen LogP contribution is 2.20. The molecule has 1 saturated heterocycles. The van der Waals surface area contributed by atoms with Crippen LogP contribution in [0.5, 0.6) is 0 Å². The molecule has 1 aromatic carbocycles. The minimum atomic E-state index is 0.665. The van der Waals surface area contributed by atoms with Crippen LogP contribution in [0.3, 0.4) is 0 Å². The molecule has 1 aliphatic rings. The molecule has 0 aliphatic carbocycles. The minimum Gasteiger partial charge on any atom is -0.316 e. The molecule has 18 heavy (non-hydrogen) atoms. The number of aromatic nitrogens is 4. The highest BCUT2D eigenvalue weighted by molar-refractivity contribution is 5.54. The van der Waals surface area contributed by atoms with Crippen molar-refractivity contribution in [2.75, 3.05) is 13.1 Å². The quantitative estimate of drug-likeness (QED) is 0.855. The second-order valence-electron chi connectivity index (χ2n) is 4.85. The Morgan fingerprint density at radius 1 is 1.33 bits per heavy atom. The molecule has 5 heteroatoms. The number of tetrazole rings is 1. The number of nitrogens with one attached hydrogen (secondary N) is 2. The van der Waals surface area contributed by atoms with Gasteiger partial charge in [0.1, 0.15) is 0 Å². The number of hydrogen-bond donors (Lipinski definition) is 2. The predicted octanol–water partition coefficient (Wildman–Crippen LogP) is 1.41. The summed E-state index contributed by atoms with van der Waals surface area (Å²) in [6.45, 7) is 2.30. The molecular weight excluding hydrogens is 226 g/mol. The number of hydrogen-bond acceptors (Lipinski definition) is 4. The van der Waals surface area contributed by atoms with Crippen molar-refractivity contribution in [2.24, 2.45) is 5.92 Å². The number of H-pyrrole nitrogens is 1. The van der Waals surface area contributed by atoms with Gasteiger partial charge in [0.25, 0.3) is 0 Å². The van der Waals surface area contributed by atoms with Crippen LogP contribution >= 0.6 is 0 Å². The van der Waals surface area contributed by atoms with E-state index in [2.05, 4.69) is 44.1 Å². The third kappa shape index (κ3) is 2.56. The summed E-state index contributed by atoms with van der Waals surface area (Å²) in [5.41, 5.74) is 2.39. The molecule has 1 unspecified atom stereocenters. The van der Waals surface area contributed by atoms with Gasteiger partial charge in [0.05, 0.1) is 0 Å². The van der Waals surface area contributed by atoms with Crippen LogP contribution in [0.1, 0.15) is 18.4 Å². The molecule has 1 aliphatic heterocycles. The fourth-order valence-electron chi connectivity index (χ4n) is 2.55. The Kier molecular flexibility index (Phi) is 3.32. The van der Waals surface area contributed by atoms with Crippen molar-refractivity contribution in [1.29, 1.82) is 0 Å². The Bertz CT molecular complexity index is 488. The standard InChI is InChI=1S/C13H17N5/c1-3-10(7-11-4-2-6-14-9-11)8-12(5-1)13-15-17-18-16-13/h1,3,5,8,11,14H,2,4,6-7,9H2,(H,15,16,17,18). The van der Waals surface area contributed by atoms with Gasteiger partial charge in [-0.05, 0) is 55.1 Å². The topological polar surface area (TPSA) is 66.5 Å². The van der Waals surface area contributed by atoms with E-state index in [9.17, 15) is 0 Å². The molecule has 2 heterocycles. The number of piperidine rings is 1. The monoisotopic (exact) mass is 243 g/mol. The third-order valence-electron chi connectivity index (χ3n) is 3.45. The summed E-state index contributed by atoms with van der Waals surface area (Å²) in [5, 5.41) is 17.6. The first-order valence-electron chi connectivity index (χ1n) is 6.45. The second kappa shape index (κ2) is 5.27. The molecule has 5 nitrogen and oxygen atoms in total. The fraction of sp³-hybridized carbons (Fsp3) is 0.462. The average Bonchev–Trinajstić information content (AvgIpc) is 2.94. The Labute approximate surface area is 106 Å².